The Labute approximate surface area is 188 Å². The zero-order chi connectivity index (χ0) is 19.2. The summed E-state index contributed by atoms with van der Waals surface area (Å²) in [5, 5.41) is 8.54. The Balaban J connectivity index is 0.00000280. The van der Waals surface area contributed by atoms with E-state index in [1.165, 1.54) is 17.1 Å². The summed E-state index contributed by atoms with van der Waals surface area (Å²) in [5.41, 5.74) is 2.22. The molecule has 0 bridgehead atoms. The van der Waals surface area contributed by atoms with E-state index in [0.717, 1.165) is 80.4 Å². The average Bonchev–Trinajstić information content (AvgIpc) is 3.30. The first-order chi connectivity index (χ1) is 13.1. The number of aliphatic imine (C=N–C) groups is 1. The molecule has 0 spiro atoms. The molecule has 8 nitrogen and oxygen atoms in total. The van der Waals surface area contributed by atoms with Gasteiger partial charge in [0.1, 0.15) is 11.6 Å². The van der Waals surface area contributed by atoms with Gasteiger partial charge in [0.05, 0.1) is 5.69 Å². The van der Waals surface area contributed by atoms with Gasteiger partial charge in [-0.3, -0.25) is 4.99 Å². The normalized spacial score (nSPS) is 14.9. The van der Waals surface area contributed by atoms with Gasteiger partial charge < -0.3 is 19.6 Å². The minimum absolute atomic E-state index is 0. The van der Waals surface area contributed by atoms with Crippen LogP contribution < -0.4 is 10.2 Å². The third-order valence-electron chi connectivity index (χ3n) is 4.90. The van der Waals surface area contributed by atoms with Crippen LogP contribution in [-0.4, -0.2) is 65.1 Å². The number of rotatable bonds is 6. The van der Waals surface area contributed by atoms with E-state index in [0.29, 0.717) is 0 Å². The number of anilines is 1. The maximum atomic E-state index is 5.23. The Morgan fingerprint density at radius 2 is 2.00 bits per heavy atom. The molecule has 2 aromatic rings. The predicted octanol–water partition coefficient (Wildman–Crippen LogP) is 2.65. The smallest absolute Gasteiger partial charge is 0.205 e. The fraction of sp³-hybridized carbons (Fsp3) is 0.667. The summed E-state index contributed by atoms with van der Waals surface area (Å²) in [6.45, 7) is 10.7. The molecule has 2 aromatic heterocycles. The SMILES string of the molecule is CCc1nsc(N2CCN(C(=NC)NCCCc3c(C)noc3C)CC2)n1.I. The lowest BCUT2D eigenvalue weighted by molar-refractivity contribution is 0.372. The van der Waals surface area contributed by atoms with Gasteiger partial charge in [0.15, 0.2) is 5.96 Å². The lowest BCUT2D eigenvalue weighted by Crippen LogP contribution is -2.52. The number of nitrogens with one attached hydrogen (secondary N) is 1. The van der Waals surface area contributed by atoms with Gasteiger partial charge >= 0.3 is 0 Å². The van der Waals surface area contributed by atoms with E-state index in [1.807, 2.05) is 20.9 Å². The van der Waals surface area contributed by atoms with E-state index < -0.39 is 0 Å². The van der Waals surface area contributed by atoms with Crippen LogP contribution in [0.3, 0.4) is 0 Å². The largest absolute Gasteiger partial charge is 0.361 e. The van der Waals surface area contributed by atoms with Gasteiger partial charge in [0, 0.05) is 63.3 Å². The maximum absolute atomic E-state index is 5.23. The number of aryl methyl sites for hydroxylation is 3. The first kappa shape index (κ1) is 22.9. The summed E-state index contributed by atoms with van der Waals surface area (Å²) in [6, 6.07) is 0. The molecule has 0 aromatic carbocycles. The number of guanidine groups is 1. The van der Waals surface area contributed by atoms with Crippen LogP contribution in [-0.2, 0) is 12.8 Å². The van der Waals surface area contributed by atoms with E-state index in [9.17, 15) is 0 Å². The van der Waals surface area contributed by atoms with Crippen molar-refractivity contribution in [3.63, 3.8) is 0 Å². The first-order valence-corrected chi connectivity index (χ1v) is 10.3. The van der Waals surface area contributed by atoms with E-state index in [4.69, 9.17) is 4.52 Å². The maximum Gasteiger partial charge on any atom is 0.205 e. The molecule has 3 heterocycles. The molecule has 10 heteroatoms. The van der Waals surface area contributed by atoms with Crippen LogP contribution >= 0.6 is 35.5 Å². The summed E-state index contributed by atoms with van der Waals surface area (Å²) in [5.74, 6) is 2.84. The van der Waals surface area contributed by atoms with Crippen LogP contribution in [0.15, 0.2) is 9.52 Å². The highest BCUT2D eigenvalue weighted by atomic mass is 127. The van der Waals surface area contributed by atoms with Crippen LogP contribution in [0.1, 0.15) is 36.2 Å². The van der Waals surface area contributed by atoms with Gasteiger partial charge in [-0.25, -0.2) is 4.98 Å². The zero-order valence-electron chi connectivity index (χ0n) is 17.1. The third kappa shape index (κ3) is 5.56. The second-order valence-corrected chi connectivity index (χ2v) is 7.43. The van der Waals surface area contributed by atoms with Gasteiger partial charge in [0.2, 0.25) is 5.13 Å². The fourth-order valence-electron chi connectivity index (χ4n) is 3.28. The first-order valence-electron chi connectivity index (χ1n) is 9.57. The van der Waals surface area contributed by atoms with Crippen LogP contribution in [0.4, 0.5) is 5.13 Å². The lowest BCUT2D eigenvalue weighted by atomic mass is 10.1. The zero-order valence-corrected chi connectivity index (χ0v) is 20.2. The number of hydrogen-bond donors (Lipinski definition) is 1. The molecule has 0 aliphatic carbocycles. The van der Waals surface area contributed by atoms with Crippen LogP contribution in [0, 0.1) is 13.8 Å². The van der Waals surface area contributed by atoms with Crippen molar-refractivity contribution in [1.29, 1.82) is 0 Å². The van der Waals surface area contributed by atoms with Crippen molar-refractivity contribution in [3.8, 4) is 0 Å². The Hall–Kier alpha value is -1.43. The van der Waals surface area contributed by atoms with Crippen molar-refractivity contribution >= 4 is 46.6 Å². The molecule has 0 saturated carbocycles. The Morgan fingerprint density at radius 3 is 2.57 bits per heavy atom. The molecule has 28 heavy (non-hydrogen) atoms. The minimum Gasteiger partial charge on any atom is -0.361 e. The fourth-order valence-corrected chi connectivity index (χ4v) is 4.08. The Bertz CT molecular complexity index is 748. The van der Waals surface area contributed by atoms with Gasteiger partial charge in [-0.1, -0.05) is 12.1 Å². The third-order valence-corrected chi connectivity index (χ3v) is 5.72. The Morgan fingerprint density at radius 1 is 1.25 bits per heavy atom. The van der Waals surface area contributed by atoms with Crippen LogP contribution in [0.5, 0.6) is 0 Å². The molecular formula is C18H30IN7OS. The van der Waals surface area contributed by atoms with Crippen molar-refractivity contribution in [3.05, 3.63) is 22.8 Å². The minimum atomic E-state index is 0. The molecule has 0 amide bonds. The highest BCUT2D eigenvalue weighted by Crippen LogP contribution is 2.19. The van der Waals surface area contributed by atoms with E-state index in [2.05, 4.69) is 41.5 Å². The lowest BCUT2D eigenvalue weighted by Gasteiger charge is -2.36. The molecule has 1 N–H and O–H groups in total. The van der Waals surface area contributed by atoms with Gasteiger partial charge in [0.25, 0.3) is 0 Å². The Kier molecular flexibility index (Phi) is 8.93. The highest BCUT2D eigenvalue weighted by Gasteiger charge is 2.22. The van der Waals surface area contributed by atoms with Crippen molar-refractivity contribution in [2.45, 2.75) is 40.0 Å². The molecule has 0 unspecified atom stereocenters. The van der Waals surface area contributed by atoms with Crippen molar-refractivity contribution in [2.75, 3.05) is 44.7 Å². The number of nitrogens with zero attached hydrogens (tertiary/aromatic N) is 6. The molecular weight excluding hydrogens is 489 g/mol. The van der Waals surface area contributed by atoms with Crippen LogP contribution in [0.25, 0.3) is 0 Å². The van der Waals surface area contributed by atoms with Crippen molar-refractivity contribution in [1.82, 2.24) is 24.7 Å². The highest BCUT2D eigenvalue weighted by molar-refractivity contribution is 14.0. The predicted molar refractivity (Wildman–Crippen MR) is 124 cm³/mol. The molecule has 3 rings (SSSR count). The van der Waals surface area contributed by atoms with Gasteiger partial charge in [-0.15, -0.1) is 24.0 Å². The van der Waals surface area contributed by atoms with E-state index >= 15 is 0 Å². The molecule has 1 saturated heterocycles. The number of piperazine rings is 1. The average molecular weight is 519 g/mol. The number of aromatic nitrogens is 3. The molecule has 1 aliphatic rings. The summed E-state index contributed by atoms with van der Waals surface area (Å²) < 4.78 is 9.62. The monoisotopic (exact) mass is 519 g/mol. The second kappa shape index (κ2) is 10.9. The summed E-state index contributed by atoms with van der Waals surface area (Å²) in [4.78, 5) is 13.7. The quantitative estimate of drug-likeness (QED) is 0.272. The van der Waals surface area contributed by atoms with Crippen LogP contribution in [0.2, 0.25) is 0 Å². The molecule has 0 atom stereocenters. The molecule has 156 valence electrons. The molecule has 1 aliphatic heterocycles. The summed E-state index contributed by atoms with van der Waals surface area (Å²) in [7, 11) is 1.85. The van der Waals surface area contributed by atoms with Crippen molar-refractivity contribution in [2.24, 2.45) is 4.99 Å². The number of halogens is 1. The van der Waals surface area contributed by atoms with E-state index in [1.54, 1.807) is 0 Å². The molecule has 0 radical (unpaired) electrons. The summed E-state index contributed by atoms with van der Waals surface area (Å²) >= 11 is 1.50. The second-order valence-electron chi connectivity index (χ2n) is 6.70. The number of hydrogen-bond acceptors (Lipinski definition) is 7. The standard InChI is InChI=1S/C18H29N7OS.HI/c1-5-16-21-18(27-23-16)25-11-9-24(10-12-25)17(19-4)20-8-6-7-15-13(2)22-26-14(15)3;/h5-12H2,1-4H3,(H,19,20);1H. The molecule has 1 fully saturated rings. The van der Waals surface area contributed by atoms with Gasteiger partial charge in [-0.05, 0) is 26.7 Å². The summed E-state index contributed by atoms with van der Waals surface area (Å²) in [6.07, 6.45) is 2.88. The van der Waals surface area contributed by atoms with E-state index in [-0.39, 0.29) is 24.0 Å². The topological polar surface area (TPSA) is 82.7 Å². The van der Waals surface area contributed by atoms with Crippen molar-refractivity contribution < 1.29 is 4.52 Å². The van der Waals surface area contributed by atoms with Gasteiger partial charge in [-0.2, -0.15) is 4.37 Å².